The van der Waals surface area contributed by atoms with Gasteiger partial charge in [-0.3, -0.25) is 9.59 Å². The SMILES string of the molecule is C[N+](CC[NH3+])(CC[NH3+])CCC[C@H]([NH3+])C(=O)N[C@@H](CC1CCCCC1)C(=O)Cc1c[nH+]c2ccccc2c1.[Cl-].[Cl-].[Cl-].[Cl-].[Cl-]. The average Bonchev–Trinajstić information content (AvgIpc) is 2.89. The van der Waals surface area contributed by atoms with Gasteiger partial charge in [0.15, 0.2) is 18.0 Å². The van der Waals surface area contributed by atoms with Crippen molar-refractivity contribution in [2.75, 3.05) is 39.8 Å². The molecule has 1 fully saturated rings. The average molecular weight is 693 g/mol. The molecule has 1 aromatic carbocycles. The number of aromatic nitrogens is 1. The lowest BCUT2D eigenvalue weighted by molar-refractivity contribution is -0.918. The molecule has 1 aromatic heterocycles. The minimum Gasteiger partial charge on any atom is -1.00 e. The molecule has 0 radical (unpaired) electrons. The zero-order valence-corrected chi connectivity index (χ0v) is 28.7. The Balaban J connectivity index is -0.00000304. The zero-order chi connectivity index (χ0) is 26.7. The third-order valence-corrected chi connectivity index (χ3v) is 8.11. The van der Waals surface area contributed by atoms with Crippen molar-refractivity contribution in [2.24, 2.45) is 5.92 Å². The van der Waals surface area contributed by atoms with Crippen LogP contribution in [-0.4, -0.2) is 68.0 Å². The van der Waals surface area contributed by atoms with Gasteiger partial charge in [-0.15, -0.1) is 0 Å². The monoisotopic (exact) mass is 690 g/mol. The molecule has 1 aliphatic carbocycles. The number of fused-ring (bicyclic) bond motifs is 1. The van der Waals surface area contributed by atoms with Gasteiger partial charge in [0, 0.05) is 36.3 Å². The van der Waals surface area contributed by atoms with Crippen molar-refractivity contribution in [1.82, 2.24) is 5.32 Å². The van der Waals surface area contributed by atoms with Crippen LogP contribution in [0, 0.1) is 5.92 Å². The summed E-state index contributed by atoms with van der Waals surface area (Å²) >= 11 is 0. The molecule has 244 valence electrons. The van der Waals surface area contributed by atoms with Crippen LogP contribution in [-0.2, 0) is 16.0 Å². The van der Waals surface area contributed by atoms with Gasteiger partial charge in [0.25, 0.3) is 5.91 Å². The van der Waals surface area contributed by atoms with Gasteiger partial charge in [0.1, 0.15) is 26.2 Å². The van der Waals surface area contributed by atoms with Crippen LogP contribution in [0.15, 0.2) is 36.5 Å². The standard InChI is InChI=1S/C29H46N6O2.5ClH/c1-35(16-13-30,17-14-31)15-7-11-25(32)29(37)34-27(19-22-8-3-2-4-9-22)28(36)20-23-18-24-10-5-6-12-26(24)33-21-23;;;;;/h5-6,10,12,18,21-22,25,27H,2-4,7-9,11,13-17,19-20,30-32H2,1H3;5*1H/t25-,27-;;;;;/m0...../s1. The predicted octanol–water partition coefficient (Wildman–Crippen LogP) is -15.4. The Bertz CT molecular complexity index is 1020. The van der Waals surface area contributed by atoms with E-state index in [0.29, 0.717) is 12.3 Å². The molecule has 3 rings (SSSR count). The van der Waals surface area contributed by atoms with Gasteiger partial charge in [-0.1, -0.05) is 44.2 Å². The normalized spacial score (nSPS) is 14.5. The molecule has 2 atom stereocenters. The second kappa shape index (κ2) is 23.4. The molecule has 1 heterocycles. The molecule has 1 saturated carbocycles. The van der Waals surface area contributed by atoms with Gasteiger partial charge in [0.05, 0.1) is 19.6 Å². The summed E-state index contributed by atoms with van der Waals surface area (Å²) in [4.78, 5) is 30.0. The van der Waals surface area contributed by atoms with E-state index in [2.05, 4.69) is 40.6 Å². The Morgan fingerprint density at radius 1 is 0.976 bits per heavy atom. The van der Waals surface area contributed by atoms with Crippen molar-refractivity contribution in [3.05, 3.63) is 42.1 Å². The van der Waals surface area contributed by atoms with Crippen molar-refractivity contribution in [3.8, 4) is 0 Å². The number of rotatable bonds is 15. The van der Waals surface area contributed by atoms with Gasteiger partial charge < -0.3 is 89.0 Å². The summed E-state index contributed by atoms with van der Waals surface area (Å²) < 4.78 is 0.937. The lowest BCUT2D eigenvalue weighted by Crippen LogP contribution is -3.00. The molecule has 2 aromatic rings. The smallest absolute Gasteiger partial charge is 0.278 e. The van der Waals surface area contributed by atoms with E-state index < -0.39 is 6.04 Å². The minimum absolute atomic E-state index is 0. The molecular weight excluding hydrogens is 642 g/mol. The van der Waals surface area contributed by atoms with Crippen LogP contribution in [0.3, 0.4) is 0 Å². The molecule has 13 heteroatoms. The topological polar surface area (TPSA) is 143 Å². The van der Waals surface area contributed by atoms with Crippen molar-refractivity contribution in [3.63, 3.8) is 0 Å². The zero-order valence-electron chi connectivity index (χ0n) is 24.9. The maximum absolute atomic E-state index is 13.5. The first-order chi connectivity index (χ1) is 17.8. The first-order valence-corrected chi connectivity index (χ1v) is 14.3. The molecule has 1 amide bonds. The molecule has 0 unspecified atom stereocenters. The highest BCUT2D eigenvalue weighted by molar-refractivity contribution is 5.91. The molecule has 0 saturated heterocycles. The van der Waals surface area contributed by atoms with Gasteiger partial charge >= 0.3 is 0 Å². The van der Waals surface area contributed by atoms with Gasteiger partial charge in [-0.25, -0.2) is 4.98 Å². The number of halogens is 5. The number of Topliss-reactive ketones (excluding diaryl/α,β-unsaturated/α-hetero) is 1. The summed E-state index contributed by atoms with van der Waals surface area (Å²) in [5.74, 6) is 0.491. The van der Waals surface area contributed by atoms with Crippen LogP contribution in [0.2, 0.25) is 0 Å². The van der Waals surface area contributed by atoms with Gasteiger partial charge in [-0.05, 0) is 24.5 Å². The number of nitrogens with zero attached hydrogens (tertiary/aromatic N) is 1. The van der Waals surface area contributed by atoms with E-state index in [-0.39, 0.29) is 79.8 Å². The number of carbonyl (C=O) groups is 2. The number of nitrogens with one attached hydrogen (secondary N) is 2. The highest BCUT2D eigenvalue weighted by atomic mass is 35.5. The quantitative estimate of drug-likeness (QED) is 0.138. The Morgan fingerprint density at radius 2 is 1.60 bits per heavy atom. The van der Waals surface area contributed by atoms with Gasteiger partial charge in [0.2, 0.25) is 5.52 Å². The molecule has 1 aliphatic rings. The van der Waals surface area contributed by atoms with Crippen LogP contribution in [0.5, 0.6) is 0 Å². The Kier molecular flexibility index (Phi) is 25.4. The fraction of sp³-hybridized carbons (Fsp3) is 0.621. The lowest BCUT2D eigenvalue weighted by Gasteiger charge is -2.32. The Hall–Kier alpha value is -0.940. The summed E-state index contributed by atoms with van der Waals surface area (Å²) in [7, 11) is 2.25. The third-order valence-electron chi connectivity index (χ3n) is 8.11. The minimum atomic E-state index is -0.454. The Labute approximate surface area is 282 Å². The number of likely N-dealkylation sites (N-methyl/N-ethyl adjacent to an activating group) is 1. The van der Waals surface area contributed by atoms with Crippen LogP contribution in [0.25, 0.3) is 10.9 Å². The number of carbonyl (C=O) groups excluding carboxylic acids is 2. The summed E-state index contributed by atoms with van der Waals surface area (Å²) in [6.07, 6.45) is 10.6. The molecule has 42 heavy (non-hydrogen) atoms. The molecule has 0 spiro atoms. The summed E-state index contributed by atoms with van der Waals surface area (Å²) in [6.45, 7) is 4.82. The number of quaternary nitrogens is 4. The first-order valence-electron chi connectivity index (χ1n) is 14.3. The van der Waals surface area contributed by atoms with E-state index in [0.717, 1.165) is 85.8 Å². The largest absolute Gasteiger partial charge is 1.00 e. The van der Waals surface area contributed by atoms with Crippen molar-refractivity contribution < 1.29 is 98.3 Å². The first kappa shape index (κ1) is 45.5. The molecule has 8 nitrogen and oxygen atoms in total. The predicted molar refractivity (Wildman–Crippen MR) is 145 cm³/mol. The maximum atomic E-state index is 13.5. The molecule has 0 aliphatic heterocycles. The number of amides is 1. The van der Waals surface area contributed by atoms with E-state index in [9.17, 15) is 9.59 Å². The summed E-state index contributed by atoms with van der Waals surface area (Å²) in [5.41, 5.74) is 14.2. The molecular formula is C29H51Cl5N6O2. The number of para-hydroxylation sites is 1. The van der Waals surface area contributed by atoms with Crippen molar-refractivity contribution >= 4 is 22.6 Å². The van der Waals surface area contributed by atoms with E-state index in [1.54, 1.807) is 0 Å². The second-order valence-electron chi connectivity index (χ2n) is 11.4. The van der Waals surface area contributed by atoms with Crippen LogP contribution in [0.4, 0.5) is 0 Å². The number of H-pyrrole nitrogens is 1. The summed E-state index contributed by atoms with van der Waals surface area (Å²) in [5, 5.41) is 4.22. The lowest BCUT2D eigenvalue weighted by atomic mass is 9.83. The van der Waals surface area contributed by atoms with Crippen LogP contribution >= 0.6 is 0 Å². The van der Waals surface area contributed by atoms with Crippen LogP contribution < -0.4 is 89.5 Å². The van der Waals surface area contributed by atoms with Crippen molar-refractivity contribution in [1.29, 1.82) is 0 Å². The van der Waals surface area contributed by atoms with Gasteiger partial charge in [-0.2, -0.15) is 0 Å². The number of hydrogen-bond donors (Lipinski definition) is 4. The highest BCUT2D eigenvalue weighted by Gasteiger charge is 2.30. The number of pyridine rings is 1. The van der Waals surface area contributed by atoms with E-state index in [1.807, 2.05) is 30.5 Å². The summed E-state index contributed by atoms with van der Waals surface area (Å²) in [6, 6.07) is 9.33. The fourth-order valence-electron chi connectivity index (χ4n) is 5.86. The van der Waals surface area contributed by atoms with E-state index >= 15 is 0 Å². The number of hydrogen-bond acceptors (Lipinski definition) is 2. The number of benzene rings is 1. The Morgan fingerprint density at radius 3 is 2.21 bits per heavy atom. The van der Waals surface area contributed by atoms with Crippen LogP contribution in [0.1, 0.15) is 56.9 Å². The molecule has 0 bridgehead atoms. The van der Waals surface area contributed by atoms with Crippen molar-refractivity contribution in [2.45, 2.75) is 69.9 Å². The van der Waals surface area contributed by atoms with E-state index in [4.69, 9.17) is 0 Å². The maximum Gasteiger partial charge on any atom is 0.278 e. The third kappa shape index (κ3) is 14.7. The second-order valence-corrected chi connectivity index (χ2v) is 11.4. The van der Waals surface area contributed by atoms with E-state index in [1.165, 1.54) is 19.3 Å². The molecule has 11 N–H and O–H groups in total. The number of ketones is 1. The number of aromatic amines is 1. The fourth-order valence-corrected chi connectivity index (χ4v) is 5.86. The highest BCUT2D eigenvalue weighted by Crippen LogP contribution is 2.28.